The molecule has 4 rings (SSSR count). The van der Waals surface area contributed by atoms with E-state index >= 15 is 0 Å². The van der Waals surface area contributed by atoms with E-state index in [-0.39, 0.29) is 19.0 Å². The van der Waals surface area contributed by atoms with E-state index in [0.717, 1.165) is 13.1 Å². The van der Waals surface area contributed by atoms with Gasteiger partial charge in [0.05, 0.1) is 18.8 Å². The first-order chi connectivity index (χ1) is 15.3. The van der Waals surface area contributed by atoms with Crippen molar-refractivity contribution in [2.75, 3.05) is 57.4 Å². The summed E-state index contributed by atoms with van der Waals surface area (Å²) in [5.41, 5.74) is 0.378. The van der Waals surface area contributed by atoms with Crippen LogP contribution in [0.3, 0.4) is 0 Å². The minimum atomic E-state index is -1.23. The molecule has 2 aliphatic heterocycles. The van der Waals surface area contributed by atoms with Crippen molar-refractivity contribution in [3.63, 3.8) is 0 Å². The number of anilines is 1. The van der Waals surface area contributed by atoms with Crippen LogP contribution in [-0.2, 0) is 4.74 Å². The Morgan fingerprint density at radius 2 is 1.81 bits per heavy atom. The number of β-amino-alcohol motifs (C(OH)–C–C–N with tert-alkyl or cyclic N) is 2. The van der Waals surface area contributed by atoms with E-state index in [1.807, 2.05) is 0 Å². The predicted molar refractivity (Wildman–Crippen MR) is 122 cm³/mol. The van der Waals surface area contributed by atoms with Gasteiger partial charge in [-0.05, 0) is 49.6 Å². The third-order valence-corrected chi connectivity index (χ3v) is 6.32. The molecule has 7 heteroatoms. The highest BCUT2D eigenvalue weighted by Crippen LogP contribution is 2.28. The Labute approximate surface area is 189 Å². The molecular weight excluding hydrogens is 411 g/mol. The lowest BCUT2D eigenvalue weighted by Gasteiger charge is -2.42. The molecule has 0 saturated carbocycles. The van der Waals surface area contributed by atoms with Crippen LogP contribution in [0.1, 0.15) is 18.4 Å². The molecule has 0 spiro atoms. The molecule has 0 amide bonds. The number of aryl methyl sites for hydroxylation is 1. The van der Waals surface area contributed by atoms with Gasteiger partial charge in [-0.25, -0.2) is 4.39 Å². The van der Waals surface area contributed by atoms with E-state index in [1.54, 1.807) is 12.1 Å². The molecule has 2 N–H and O–H groups in total. The van der Waals surface area contributed by atoms with Gasteiger partial charge in [0.1, 0.15) is 23.8 Å². The average Bonchev–Trinajstić information content (AvgIpc) is 2.94. The first-order valence-corrected chi connectivity index (χ1v) is 11.3. The molecule has 2 heterocycles. The van der Waals surface area contributed by atoms with Crippen LogP contribution in [-0.4, -0.2) is 78.9 Å². The van der Waals surface area contributed by atoms with Crippen LogP contribution in [0.4, 0.5) is 10.1 Å². The number of rotatable bonds is 6. The van der Waals surface area contributed by atoms with E-state index in [1.165, 1.54) is 23.4 Å². The molecule has 2 aromatic carbocycles. The highest BCUT2D eigenvalue weighted by molar-refractivity contribution is 5.48. The number of piperidine rings is 1. The molecule has 6 nitrogen and oxygen atoms in total. The van der Waals surface area contributed by atoms with Gasteiger partial charge in [-0.15, -0.1) is 0 Å². The second kappa shape index (κ2) is 9.75. The minimum absolute atomic E-state index is 0.00742. The standard InChI is InChI=1S/C25H33FN2O4/c1-20-4-2-6-22(14-20)28-10-8-24(29,9-11-28)16-27-12-13-31-18-25(30,17-27)19-32-23-7-3-5-21(26)15-23/h2-7,14-15,29-30H,8-13,16-19H2,1H3/t25-/m1/s1. The van der Waals surface area contributed by atoms with Crippen LogP contribution in [0.25, 0.3) is 0 Å². The minimum Gasteiger partial charge on any atom is -0.490 e. The number of hydrogen-bond donors (Lipinski definition) is 2. The fourth-order valence-corrected chi connectivity index (χ4v) is 4.57. The zero-order valence-corrected chi connectivity index (χ0v) is 18.7. The second-order valence-corrected chi connectivity index (χ2v) is 9.28. The van der Waals surface area contributed by atoms with Crippen molar-refractivity contribution in [3.8, 4) is 5.75 Å². The van der Waals surface area contributed by atoms with E-state index in [4.69, 9.17) is 9.47 Å². The van der Waals surface area contributed by atoms with E-state index in [9.17, 15) is 14.6 Å². The summed E-state index contributed by atoms with van der Waals surface area (Å²) in [4.78, 5) is 4.38. The fraction of sp³-hybridized carbons (Fsp3) is 0.520. The van der Waals surface area contributed by atoms with Gasteiger partial charge in [-0.2, -0.15) is 0 Å². The van der Waals surface area contributed by atoms with Crippen molar-refractivity contribution in [2.45, 2.75) is 31.0 Å². The zero-order valence-electron chi connectivity index (χ0n) is 18.7. The molecule has 0 aromatic heterocycles. The quantitative estimate of drug-likeness (QED) is 0.714. The number of nitrogens with zero attached hydrogens (tertiary/aromatic N) is 2. The monoisotopic (exact) mass is 444 g/mol. The second-order valence-electron chi connectivity index (χ2n) is 9.28. The van der Waals surface area contributed by atoms with Crippen molar-refractivity contribution in [1.82, 2.24) is 4.90 Å². The van der Waals surface area contributed by atoms with E-state index < -0.39 is 11.2 Å². The maximum absolute atomic E-state index is 13.4. The lowest BCUT2D eigenvalue weighted by Crippen LogP contribution is -2.55. The summed E-state index contributed by atoms with van der Waals surface area (Å²) in [5, 5.41) is 22.4. The Hall–Kier alpha value is -2.19. The summed E-state index contributed by atoms with van der Waals surface area (Å²) < 4.78 is 24.7. The van der Waals surface area contributed by atoms with E-state index in [0.29, 0.717) is 44.8 Å². The first-order valence-electron chi connectivity index (χ1n) is 11.3. The zero-order chi connectivity index (χ0) is 22.6. The molecule has 2 fully saturated rings. The molecule has 0 unspecified atom stereocenters. The van der Waals surface area contributed by atoms with Gasteiger partial charge in [0.2, 0.25) is 0 Å². The number of ether oxygens (including phenoxy) is 2. The first kappa shape index (κ1) is 23.0. The fourth-order valence-electron chi connectivity index (χ4n) is 4.57. The van der Waals surface area contributed by atoms with Crippen molar-refractivity contribution < 1.29 is 24.1 Å². The van der Waals surface area contributed by atoms with Crippen molar-refractivity contribution in [1.29, 1.82) is 0 Å². The summed E-state index contributed by atoms with van der Waals surface area (Å²) in [7, 11) is 0. The normalized spacial score (nSPS) is 24.2. The van der Waals surface area contributed by atoms with Crippen LogP contribution >= 0.6 is 0 Å². The summed E-state index contributed by atoms with van der Waals surface area (Å²) in [6.45, 7) is 5.70. The van der Waals surface area contributed by atoms with Crippen LogP contribution in [0.5, 0.6) is 5.75 Å². The molecular formula is C25H33FN2O4. The smallest absolute Gasteiger partial charge is 0.134 e. The molecule has 2 aromatic rings. The maximum Gasteiger partial charge on any atom is 0.134 e. The third kappa shape index (κ3) is 5.98. The number of halogens is 1. The molecule has 32 heavy (non-hydrogen) atoms. The highest BCUT2D eigenvalue weighted by Gasteiger charge is 2.39. The number of hydrogen-bond acceptors (Lipinski definition) is 6. The Kier molecular flexibility index (Phi) is 7.00. The molecule has 2 aliphatic rings. The molecule has 0 bridgehead atoms. The van der Waals surface area contributed by atoms with Crippen LogP contribution < -0.4 is 9.64 Å². The summed E-state index contributed by atoms with van der Waals surface area (Å²) >= 11 is 0. The molecule has 1 atom stereocenters. The van der Waals surface area contributed by atoms with Crippen molar-refractivity contribution in [2.24, 2.45) is 0 Å². The Morgan fingerprint density at radius 3 is 2.56 bits per heavy atom. The van der Waals surface area contributed by atoms with Crippen molar-refractivity contribution >= 4 is 5.69 Å². The van der Waals surface area contributed by atoms with Gasteiger partial charge in [0.15, 0.2) is 0 Å². The Morgan fingerprint density at radius 1 is 1.03 bits per heavy atom. The Bertz CT molecular complexity index is 903. The number of aliphatic hydroxyl groups is 2. The molecule has 0 aliphatic carbocycles. The molecule has 0 radical (unpaired) electrons. The SMILES string of the molecule is Cc1cccc(N2CCC(O)(CN3CCOC[C@@](O)(COc4cccc(F)c4)C3)CC2)c1. The van der Waals surface area contributed by atoms with Gasteiger partial charge < -0.3 is 24.6 Å². The summed E-state index contributed by atoms with van der Waals surface area (Å²) in [5.74, 6) is -0.0103. The van der Waals surface area contributed by atoms with Gasteiger partial charge >= 0.3 is 0 Å². The lowest BCUT2D eigenvalue weighted by atomic mass is 9.90. The van der Waals surface area contributed by atoms with Gasteiger partial charge in [-0.3, -0.25) is 4.90 Å². The van der Waals surface area contributed by atoms with Gasteiger partial charge in [-0.1, -0.05) is 18.2 Å². The topological polar surface area (TPSA) is 65.4 Å². The molecule has 174 valence electrons. The van der Waals surface area contributed by atoms with Gasteiger partial charge in [0.25, 0.3) is 0 Å². The van der Waals surface area contributed by atoms with Crippen LogP contribution in [0, 0.1) is 12.7 Å². The highest BCUT2D eigenvalue weighted by atomic mass is 19.1. The average molecular weight is 445 g/mol. The largest absolute Gasteiger partial charge is 0.490 e. The third-order valence-electron chi connectivity index (χ3n) is 6.32. The summed E-state index contributed by atoms with van der Waals surface area (Å²) in [6.07, 6.45) is 1.33. The maximum atomic E-state index is 13.4. The lowest BCUT2D eigenvalue weighted by molar-refractivity contribution is -0.0742. The number of benzene rings is 2. The van der Waals surface area contributed by atoms with Crippen molar-refractivity contribution in [3.05, 3.63) is 59.9 Å². The summed E-state index contributed by atoms with van der Waals surface area (Å²) in [6, 6.07) is 14.3. The van der Waals surface area contributed by atoms with E-state index in [2.05, 4.69) is 41.0 Å². The van der Waals surface area contributed by atoms with Crippen LogP contribution in [0.15, 0.2) is 48.5 Å². The predicted octanol–water partition coefficient (Wildman–Crippen LogP) is 2.61. The Balaban J connectivity index is 1.33. The van der Waals surface area contributed by atoms with Gasteiger partial charge in [0, 0.05) is 44.5 Å². The molecule has 2 saturated heterocycles. The van der Waals surface area contributed by atoms with Crippen LogP contribution in [0.2, 0.25) is 0 Å².